The number of hydrogen-bond acceptors (Lipinski definition) is 5. The Balaban J connectivity index is 1.84. The van der Waals surface area contributed by atoms with Crippen LogP contribution in [0.1, 0.15) is 55.9 Å². The van der Waals surface area contributed by atoms with Crippen LogP contribution in [0, 0.1) is 0 Å². The molecule has 0 spiro atoms. The van der Waals surface area contributed by atoms with Crippen molar-refractivity contribution in [2.24, 2.45) is 0 Å². The van der Waals surface area contributed by atoms with Gasteiger partial charge < -0.3 is 9.84 Å². The Morgan fingerprint density at radius 3 is 2.52 bits per heavy atom. The Morgan fingerprint density at radius 1 is 1.24 bits per heavy atom. The molecule has 2 aromatic heterocycles. The molecule has 154 valence electrons. The van der Waals surface area contributed by atoms with Gasteiger partial charge in [-0.25, -0.2) is 9.78 Å². The monoisotopic (exact) mass is 414 g/mol. The summed E-state index contributed by atoms with van der Waals surface area (Å²) in [6.45, 7) is 9.10. The topological polar surface area (TPSA) is 81.4 Å². The second-order valence-electron chi connectivity index (χ2n) is 7.99. The minimum atomic E-state index is -1.11. The van der Waals surface area contributed by atoms with Crippen molar-refractivity contribution >= 4 is 27.5 Å². The maximum absolute atomic E-state index is 13.0. The molecule has 6 nitrogen and oxygen atoms in total. The zero-order chi connectivity index (χ0) is 21.2. The van der Waals surface area contributed by atoms with Gasteiger partial charge in [0.15, 0.2) is 0 Å². The van der Waals surface area contributed by atoms with Crippen molar-refractivity contribution in [3.8, 4) is 5.75 Å². The standard InChI is InChI=1S/C22H26N2O4S/c1-5-6-17-23-19-18(16(13-29-19)21(26)27)20(25)24(17)11-12-28-15-9-7-14(8-10-15)22(2,3)4/h7-10,13H,5-6,11-12H2,1-4H3,(H,26,27). The molecule has 7 heteroatoms. The van der Waals surface area contributed by atoms with E-state index in [1.54, 1.807) is 4.57 Å². The summed E-state index contributed by atoms with van der Waals surface area (Å²) in [7, 11) is 0. The number of nitrogens with zero attached hydrogens (tertiary/aromatic N) is 2. The molecule has 1 aromatic carbocycles. The van der Waals surface area contributed by atoms with Crippen molar-refractivity contribution in [2.45, 2.75) is 52.5 Å². The predicted octanol–water partition coefficient (Wildman–Crippen LogP) is 4.49. The fraction of sp³-hybridized carbons (Fsp3) is 0.409. The molecule has 0 radical (unpaired) electrons. The summed E-state index contributed by atoms with van der Waals surface area (Å²) in [5, 5.41) is 11.0. The van der Waals surface area contributed by atoms with Gasteiger partial charge in [-0.3, -0.25) is 9.36 Å². The lowest BCUT2D eigenvalue weighted by Crippen LogP contribution is -2.28. The lowest BCUT2D eigenvalue weighted by atomic mass is 9.87. The van der Waals surface area contributed by atoms with Crippen LogP contribution in [0.15, 0.2) is 34.4 Å². The molecule has 0 fully saturated rings. The Labute approximate surface area is 173 Å². The lowest BCUT2D eigenvalue weighted by Gasteiger charge is -2.19. The van der Waals surface area contributed by atoms with E-state index < -0.39 is 5.97 Å². The fourth-order valence-corrected chi connectivity index (χ4v) is 4.10. The van der Waals surface area contributed by atoms with E-state index in [-0.39, 0.29) is 21.9 Å². The Kier molecular flexibility index (Phi) is 6.07. The van der Waals surface area contributed by atoms with Crippen molar-refractivity contribution < 1.29 is 14.6 Å². The molecule has 0 aliphatic carbocycles. The molecule has 3 rings (SSSR count). The van der Waals surface area contributed by atoms with Gasteiger partial charge in [0, 0.05) is 11.8 Å². The highest BCUT2D eigenvalue weighted by molar-refractivity contribution is 7.17. The van der Waals surface area contributed by atoms with Crippen LogP contribution in [0.5, 0.6) is 5.75 Å². The summed E-state index contributed by atoms with van der Waals surface area (Å²) in [6.07, 6.45) is 1.48. The van der Waals surface area contributed by atoms with E-state index in [0.717, 1.165) is 12.2 Å². The average molecular weight is 415 g/mol. The lowest BCUT2D eigenvalue weighted by molar-refractivity contribution is 0.0699. The largest absolute Gasteiger partial charge is 0.492 e. The van der Waals surface area contributed by atoms with Crippen molar-refractivity contribution in [1.29, 1.82) is 0 Å². The molecular weight excluding hydrogens is 388 g/mol. The first-order chi connectivity index (χ1) is 13.7. The molecular formula is C22H26N2O4S. The summed E-state index contributed by atoms with van der Waals surface area (Å²) in [6, 6.07) is 7.95. The molecule has 0 saturated carbocycles. The second-order valence-corrected chi connectivity index (χ2v) is 8.85. The highest BCUT2D eigenvalue weighted by Gasteiger charge is 2.19. The first-order valence-electron chi connectivity index (χ1n) is 9.70. The van der Waals surface area contributed by atoms with E-state index in [1.165, 1.54) is 22.3 Å². The second kappa shape index (κ2) is 8.37. The molecule has 3 aromatic rings. The first kappa shape index (κ1) is 21.0. The number of hydrogen-bond donors (Lipinski definition) is 1. The van der Waals surface area contributed by atoms with Crippen molar-refractivity contribution in [3.05, 3.63) is 57.0 Å². The van der Waals surface area contributed by atoms with E-state index >= 15 is 0 Å². The highest BCUT2D eigenvalue weighted by Crippen LogP contribution is 2.25. The fourth-order valence-electron chi connectivity index (χ4n) is 3.17. The van der Waals surface area contributed by atoms with Gasteiger partial charge in [0.1, 0.15) is 23.0 Å². The number of aromatic nitrogens is 2. The Hall–Kier alpha value is -2.67. The molecule has 0 aliphatic rings. The van der Waals surface area contributed by atoms with E-state index in [1.807, 2.05) is 31.2 Å². The molecule has 29 heavy (non-hydrogen) atoms. The zero-order valence-corrected chi connectivity index (χ0v) is 18.0. The summed E-state index contributed by atoms with van der Waals surface area (Å²) >= 11 is 1.19. The molecule has 2 heterocycles. The molecule has 0 aliphatic heterocycles. The SMILES string of the molecule is CCCc1nc2scc(C(=O)O)c2c(=O)n1CCOc1ccc(C(C)(C)C)cc1. The zero-order valence-electron chi connectivity index (χ0n) is 17.2. The maximum atomic E-state index is 13.0. The molecule has 0 atom stereocenters. The third kappa shape index (κ3) is 4.50. The van der Waals surface area contributed by atoms with E-state index in [4.69, 9.17) is 4.74 Å². The van der Waals surface area contributed by atoms with Crippen LogP contribution in [0.3, 0.4) is 0 Å². The Bertz CT molecular complexity index is 1080. The van der Waals surface area contributed by atoms with Crippen molar-refractivity contribution in [1.82, 2.24) is 9.55 Å². The van der Waals surface area contributed by atoms with Crippen molar-refractivity contribution in [2.75, 3.05) is 6.61 Å². The highest BCUT2D eigenvalue weighted by atomic mass is 32.1. The van der Waals surface area contributed by atoms with Crippen LogP contribution >= 0.6 is 11.3 Å². The molecule has 0 bridgehead atoms. The molecule has 0 unspecified atom stereocenters. The Morgan fingerprint density at radius 2 is 1.93 bits per heavy atom. The van der Waals surface area contributed by atoms with E-state index in [0.29, 0.717) is 30.2 Å². The minimum absolute atomic E-state index is 0.0120. The van der Waals surface area contributed by atoms with Gasteiger partial charge >= 0.3 is 5.97 Å². The van der Waals surface area contributed by atoms with Crippen LogP contribution in [0.2, 0.25) is 0 Å². The van der Waals surface area contributed by atoms with Crippen LogP contribution in [-0.4, -0.2) is 27.2 Å². The third-order valence-electron chi connectivity index (χ3n) is 4.78. The number of aryl methyl sites for hydroxylation is 1. The summed E-state index contributed by atoms with van der Waals surface area (Å²) in [5.41, 5.74) is 0.992. The number of rotatable bonds is 7. The normalized spacial score (nSPS) is 11.7. The summed E-state index contributed by atoms with van der Waals surface area (Å²) < 4.78 is 7.39. The number of ether oxygens (including phenoxy) is 1. The molecule has 0 amide bonds. The minimum Gasteiger partial charge on any atom is -0.492 e. The van der Waals surface area contributed by atoms with Gasteiger partial charge in [0.05, 0.1) is 17.5 Å². The van der Waals surface area contributed by atoms with Crippen LogP contribution in [-0.2, 0) is 18.4 Å². The van der Waals surface area contributed by atoms with Crippen molar-refractivity contribution in [3.63, 3.8) is 0 Å². The number of fused-ring (bicyclic) bond motifs is 1. The number of benzene rings is 1. The molecule has 1 N–H and O–H groups in total. The number of carboxylic acids is 1. The van der Waals surface area contributed by atoms with Gasteiger partial charge in [-0.2, -0.15) is 0 Å². The number of aromatic carboxylic acids is 1. The van der Waals surface area contributed by atoms with E-state index in [2.05, 4.69) is 25.8 Å². The summed E-state index contributed by atoms with van der Waals surface area (Å²) in [4.78, 5) is 29.5. The third-order valence-corrected chi connectivity index (χ3v) is 5.65. The van der Waals surface area contributed by atoms with Gasteiger partial charge in [0.25, 0.3) is 5.56 Å². The number of thiophene rings is 1. The van der Waals surface area contributed by atoms with Crippen LogP contribution in [0.4, 0.5) is 0 Å². The average Bonchev–Trinajstić information content (AvgIpc) is 3.08. The predicted molar refractivity (Wildman–Crippen MR) is 115 cm³/mol. The van der Waals surface area contributed by atoms with Gasteiger partial charge in [-0.05, 0) is 29.5 Å². The maximum Gasteiger partial charge on any atom is 0.337 e. The quantitative estimate of drug-likeness (QED) is 0.616. The number of carboxylic acid groups (broad SMARTS) is 1. The van der Waals surface area contributed by atoms with Gasteiger partial charge in [-0.1, -0.05) is 39.8 Å². The van der Waals surface area contributed by atoms with Gasteiger partial charge in [0.2, 0.25) is 0 Å². The first-order valence-corrected chi connectivity index (χ1v) is 10.6. The molecule has 0 saturated heterocycles. The smallest absolute Gasteiger partial charge is 0.337 e. The van der Waals surface area contributed by atoms with Crippen LogP contribution in [0.25, 0.3) is 10.2 Å². The van der Waals surface area contributed by atoms with Crippen LogP contribution < -0.4 is 10.3 Å². The number of carbonyl (C=O) groups is 1. The van der Waals surface area contributed by atoms with E-state index in [9.17, 15) is 14.7 Å². The van der Waals surface area contributed by atoms with Gasteiger partial charge in [-0.15, -0.1) is 11.3 Å². The summed E-state index contributed by atoms with van der Waals surface area (Å²) in [5.74, 6) is 0.287.